The highest BCUT2D eigenvalue weighted by molar-refractivity contribution is 5.76. The van der Waals surface area contributed by atoms with Crippen LogP contribution >= 0.6 is 0 Å². The fourth-order valence-corrected chi connectivity index (χ4v) is 1.85. The Morgan fingerprint density at radius 2 is 2.11 bits per heavy atom. The lowest BCUT2D eigenvalue weighted by Gasteiger charge is -2.12. The number of nitrogens with one attached hydrogen (secondary N) is 1. The van der Waals surface area contributed by atoms with Crippen LogP contribution in [0.1, 0.15) is 23.7 Å². The highest BCUT2D eigenvalue weighted by atomic mass is 16.1. The molecule has 2 rings (SSSR count). The zero-order chi connectivity index (χ0) is 13.7. The van der Waals surface area contributed by atoms with Crippen LogP contribution in [0, 0.1) is 0 Å². The molecule has 1 amide bonds. The van der Waals surface area contributed by atoms with Gasteiger partial charge in [0.15, 0.2) is 0 Å². The summed E-state index contributed by atoms with van der Waals surface area (Å²) in [5.41, 5.74) is 7.93. The van der Waals surface area contributed by atoms with Crippen molar-refractivity contribution < 1.29 is 4.79 Å². The summed E-state index contributed by atoms with van der Waals surface area (Å²) in [6.45, 7) is 0.469. The molecule has 5 nitrogen and oxygen atoms in total. The maximum atomic E-state index is 11.8. The molecule has 3 N–H and O–H groups in total. The smallest absolute Gasteiger partial charge is 0.222 e. The van der Waals surface area contributed by atoms with E-state index in [1.165, 1.54) is 0 Å². The van der Waals surface area contributed by atoms with Crippen molar-refractivity contribution in [2.45, 2.75) is 19.0 Å². The Hall–Kier alpha value is -2.14. The first-order valence-corrected chi connectivity index (χ1v) is 6.21. The standard InChI is InChI=1S/C14H18N4O/c1-18-12(7-8-17-18)10-16-14(19)9-13(15)11-5-3-2-4-6-11/h2-8,13H,9-10,15H2,1H3,(H,16,19). The molecule has 100 valence electrons. The van der Waals surface area contributed by atoms with Gasteiger partial charge in [0.25, 0.3) is 0 Å². The summed E-state index contributed by atoms with van der Waals surface area (Å²) in [7, 11) is 1.84. The van der Waals surface area contributed by atoms with Crippen molar-refractivity contribution in [1.29, 1.82) is 0 Å². The van der Waals surface area contributed by atoms with Crippen molar-refractivity contribution in [2.75, 3.05) is 0 Å². The van der Waals surface area contributed by atoms with Gasteiger partial charge in [-0.25, -0.2) is 0 Å². The Morgan fingerprint density at radius 1 is 1.37 bits per heavy atom. The highest BCUT2D eigenvalue weighted by Gasteiger charge is 2.11. The first-order valence-electron chi connectivity index (χ1n) is 6.21. The van der Waals surface area contributed by atoms with Crippen LogP contribution in [0.5, 0.6) is 0 Å². The summed E-state index contributed by atoms with van der Waals surface area (Å²) in [6, 6.07) is 11.2. The fourth-order valence-electron chi connectivity index (χ4n) is 1.85. The van der Waals surface area contributed by atoms with Crippen LogP contribution in [0.2, 0.25) is 0 Å². The van der Waals surface area contributed by atoms with Crippen LogP contribution in [0.25, 0.3) is 0 Å². The molecule has 1 heterocycles. The van der Waals surface area contributed by atoms with Crippen LogP contribution in [0.15, 0.2) is 42.6 Å². The van der Waals surface area contributed by atoms with E-state index in [1.807, 2.05) is 43.4 Å². The molecular weight excluding hydrogens is 240 g/mol. The van der Waals surface area contributed by atoms with E-state index in [-0.39, 0.29) is 18.4 Å². The predicted molar refractivity (Wildman–Crippen MR) is 73.0 cm³/mol. The van der Waals surface area contributed by atoms with Gasteiger partial charge >= 0.3 is 0 Å². The maximum absolute atomic E-state index is 11.8. The molecule has 1 atom stereocenters. The quantitative estimate of drug-likeness (QED) is 0.844. The lowest BCUT2D eigenvalue weighted by atomic mass is 10.0. The van der Waals surface area contributed by atoms with Gasteiger partial charge in [-0.2, -0.15) is 5.10 Å². The Labute approximate surface area is 112 Å². The molecular formula is C14H18N4O. The molecule has 5 heteroatoms. The number of nitrogens with two attached hydrogens (primary N) is 1. The van der Waals surface area contributed by atoms with Crippen molar-refractivity contribution >= 4 is 5.91 Å². The van der Waals surface area contributed by atoms with E-state index < -0.39 is 0 Å². The third-order valence-corrected chi connectivity index (χ3v) is 3.02. The minimum absolute atomic E-state index is 0.0578. The molecule has 0 fully saturated rings. The average molecular weight is 258 g/mol. The van der Waals surface area contributed by atoms with Crippen molar-refractivity contribution in [2.24, 2.45) is 12.8 Å². The second-order valence-corrected chi connectivity index (χ2v) is 4.44. The highest BCUT2D eigenvalue weighted by Crippen LogP contribution is 2.12. The monoisotopic (exact) mass is 258 g/mol. The summed E-state index contributed by atoms with van der Waals surface area (Å²) in [5, 5.41) is 6.89. The lowest BCUT2D eigenvalue weighted by Crippen LogP contribution is -2.27. The predicted octanol–water partition coefficient (Wildman–Crippen LogP) is 1.13. The SMILES string of the molecule is Cn1nccc1CNC(=O)CC(N)c1ccccc1. The number of carbonyl (C=O) groups excluding carboxylic acids is 1. The zero-order valence-corrected chi connectivity index (χ0v) is 10.9. The van der Waals surface area contributed by atoms with Gasteiger partial charge in [0, 0.05) is 25.7 Å². The fraction of sp³-hybridized carbons (Fsp3) is 0.286. The molecule has 0 spiro atoms. The molecule has 1 unspecified atom stereocenters. The number of carbonyl (C=O) groups is 1. The van der Waals surface area contributed by atoms with Gasteiger partial charge < -0.3 is 11.1 Å². The molecule has 0 radical (unpaired) electrons. The number of aryl methyl sites for hydroxylation is 1. The Morgan fingerprint density at radius 3 is 2.74 bits per heavy atom. The molecule has 0 saturated carbocycles. The second kappa shape index (κ2) is 6.15. The molecule has 2 aromatic rings. The van der Waals surface area contributed by atoms with Gasteiger partial charge in [0.2, 0.25) is 5.91 Å². The van der Waals surface area contributed by atoms with Crippen LogP contribution in [-0.2, 0) is 18.4 Å². The topological polar surface area (TPSA) is 72.9 Å². The van der Waals surface area contributed by atoms with E-state index >= 15 is 0 Å². The van der Waals surface area contributed by atoms with Gasteiger partial charge in [-0.1, -0.05) is 30.3 Å². The molecule has 0 bridgehead atoms. The second-order valence-electron chi connectivity index (χ2n) is 4.44. The molecule has 0 aliphatic heterocycles. The number of hydrogen-bond acceptors (Lipinski definition) is 3. The Kier molecular flexibility index (Phi) is 4.30. The van der Waals surface area contributed by atoms with Crippen molar-refractivity contribution in [1.82, 2.24) is 15.1 Å². The molecule has 1 aromatic carbocycles. The largest absolute Gasteiger partial charge is 0.350 e. The van der Waals surface area contributed by atoms with Crippen molar-refractivity contribution in [3.05, 3.63) is 53.9 Å². The summed E-state index contributed by atoms with van der Waals surface area (Å²) < 4.78 is 1.73. The Balaban J connectivity index is 1.83. The average Bonchev–Trinajstić information content (AvgIpc) is 2.83. The van der Waals surface area contributed by atoms with E-state index in [2.05, 4.69) is 10.4 Å². The summed E-state index contributed by atoms with van der Waals surface area (Å²) in [4.78, 5) is 11.8. The maximum Gasteiger partial charge on any atom is 0.222 e. The van der Waals surface area contributed by atoms with Crippen LogP contribution in [0.4, 0.5) is 0 Å². The van der Waals surface area contributed by atoms with Crippen molar-refractivity contribution in [3.63, 3.8) is 0 Å². The molecule has 0 aliphatic rings. The van der Waals surface area contributed by atoms with Gasteiger partial charge in [-0.05, 0) is 11.6 Å². The third-order valence-electron chi connectivity index (χ3n) is 3.02. The number of benzene rings is 1. The number of hydrogen-bond donors (Lipinski definition) is 2. The summed E-state index contributed by atoms with van der Waals surface area (Å²) in [5.74, 6) is -0.0578. The van der Waals surface area contributed by atoms with Crippen LogP contribution in [-0.4, -0.2) is 15.7 Å². The minimum Gasteiger partial charge on any atom is -0.350 e. The number of amides is 1. The van der Waals surface area contributed by atoms with Gasteiger partial charge in [0.05, 0.1) is 12.2 Å². The number of rotatable bonds is 5. The third kappa shape index (κ3) is 3.66. The minimum atomic E-state index is -0.271. The van der Waals surface area contributed by atoms with E-state index in [4.69, 9.17) is 5.73 Å². The van der Waals surface area contributed by atoms with E-state index in [0.717, 1.165) is 11.3 Å². The Bertz CT molecular complexity index is 535. The molecule has 1 aromatic heterocycles. The molecule has 0 aliphatic carbocycles. The van der Waals surface area contributed by atoms with Crippen molar-refractivity contribution in [3.8, 4) is 0 Å². The van der Waals surface area contributed by atoms with Crippen LogP contribution < -0.4 is 11.1 Å². The normalized spacial score (nSPS) is 12.1. The van der Waals surface area contributed by atoms with Gasteiger partial charge in [-0.15, -0.1) is 0 Å². The number of nitrogens with zero attached hydrogens (tertiary/aromatic N) is 2. The summed E-state index contributed by atoms with van der Waals surface area (Å²) >= 11 is 0. The van der Waals surface area contributed by atoms with E-state index in [9.17, 15) is 4.79 Å². The first-order chi connectivity index (χ1) is 9.16. The van der Waals surface area contributed by atoms with E-state index in [1.54, 1.807) is 10.9 Å². The molecule has 19 heavy (non-hydrogen) atoms. The summed E-state index contributed by atoms with van der Waals surface area (Å²) in [6.07, 6.45) is 1.99. The van der Waals surface area contributed by atoms with E-state index in [0.29, 0.717) is 6.54 Å². The first kappa shape index (κ1) is 13.3. The molecule has 0 saturated heterocycles. The number of aromatic nitrogens is 2. The van der Waals surface area contributed by atoms with Crippen LogP contribution in [0.3, 0.4) is 0 Å². The van der Waals surface area contributed by atoms with Gasteiger partial charge in [0.1, 0.15) is 0 Å². The van der Waals surface area contributed by atoms with Gasteiger partial charge in [-0.3, -0.25) is 9.48 Å². The lowest BCUT2D eigenvalue weighted by molar-refractivity contribution is -0.121. The zero-order valence-electron chi connectivity index (χ0n) is 10.9.